The molecule has 6 nitrogen and oxygen atoms in total. The van der Waals surface area contributed by atoms with Crippen LogP contribution in [0, 0.1) is 0 Å². The first kappa shape index (κ1) is 15.7. The molecule has 1 rings (SSSR count). The molecule has 108 valence electrons. The Bertz CT molecular complexity index is 471. The van der Waals surface area contributed by atoms with Gasteiger partial charge in [-0.2, -0.15) is 10.1 Å². The Balaban J connectivity index is 2.79. The summed E-state index contributed by atoms with van der Waals surface area (Å²) in [7, 11) is 1.25. The van der Waals surface area contributed by atoms with Gasteiger partial charge < -0.3 is 9.47 Å². The zero-order valence-electron chi connectivity index (χ0n) is 11.8. The molecule has 0 fully saturated rings. The van der Waals surface area contributed by atoms with E-state index in [9.17, 15) is 9.59 Å². The zero-order valence-corrected chi connectivity index (χ0v) is 11.8. The van der Waals surface area contributed by atoms with Crippen LogP contribution >= 0.6 is 0 Å². The monoisotopic (exact) mass is 278 g/mol. The number of carbonyl (C=O) groups is 2. The fourth-order valence-corrected chi connectivity index (χ4v) is 1.28. The maximum atomic E-state index is 11.8. The first-order valence-electron chi connectivity index (χ1n) is 6.17. The lowest BCUT2D eigenvalue weighted by Gasteiger charge is -2.17. The van der Waals surface area contributed by atoms with Crippen LogP contribution < -0.4 is 0 Å². The lowest BCUT2D eigenvalue weighted by atomic mass is 10.2. The van der Waals surface area contributed by atoms with Crippen LogP contribution in [0.15, 0.2) is 35.4 Å². The summed E-state index contributed by atoms with van der Waals surface area (Å²) in [4.78, 5) is 23.1. The Kier molecular flexibility index (Phi) is 6.22. The van der Waals surface area contributed by atoms with Gasteiger partial charge in [0.05, 0.1) is 19.4 Å². The molecule has 1 amide bonds. The molecular weight excluding hydrogens is 260 g/mol. The summed E-state index contributed by atoms with van der Waals surface area (Å²) >= 11 is 0. The van der Waals surface area contributed by atoms with Crippen molar-refractivity contribution in [3.05, 3.63) is 35.9 Å². The molecule has 0 aliphatic heterocycles. The van der Waals surface area contributed by atoms with E-state index in [0.717, 1.165) is 10.6 Å². The van der Waals surface area contributed by atoms with Crippen molar-refractivity contribution >= 4 is 18.3 Å². The van der Waals surface area contributed by atoms with Crippen molar-refractivity contribution in [2.75, 3.05) is 13.7 Å². The number of ether oxygens (including phenoxy) is 2. The van der Waals surface area contributed by atoms with Gasteiger partial charge in [-0.15, -0.1) is 0 Å². The number of hydrazone groups is 1. The molecule has 0 heterocycles. The summed E-state index contributed by atoms with van der Waals surface area (Å²) in [6.07, 6.45) is 0.483. The first-order valence-corrected chi connectivity index (χ1v) is 6.17. The van der Waals surface area contributed by atoms with E-state index >= 15 is 0 Å². The third-order valence-corrected chi connectivity index (χ3v) is 2.20. The van der Waals surface area contributed by atoms with Crippen molar-refractivity contribution in [2.24, 2.45) is 5.10 Å². The summed E-state index contributed by atoms with van der Waals surface area (Å²) < 4.78 is 9.54. The minimum atomic E-state index is -0.697. The van der Waals surface area contributed by atoms with E-state index < -0.39 is 12.1 Å². The summed E-state index contributed by atoms with van der Waals surface area (Å²) in [5.74, 6) is -0.573. The van der Waals surface area contributed by atoms with Crippen LogP contribution in [0.2, 0.25) is 0 Å². The van der Waals surface area contributed by atoms with E-state index in [2.05, 4.69) is 9.84 Å². The van der Waals surface area contributed by atoms with E-state index in [4.69, 9.17) is 4.74 Å². The molecule has 0 saturated heterocycles. The predicted molar refractivity (Wildman–Crippen MR) is 74.4 cm³/mol. The van der Waals surface area contributed by atoms with E-state index in [-0.39, 0.29) is 12.6 Å². The van der Waals surface area contributed by atoms with Crippen molar-refractivity contribution in [3.63, 3.8) is 0 Å². The molecular formula is C14H18N2O4. The van der Waals surface area contributed by atoms with Gasteiger partial charge in [-0.3, -0.25) is 4.79 Å². The Labute approximate surface area is 118 Å². The number of carbonyl (C=O) groups excluding carboxylic acids is 2. The Morgan fingerprint density at radius 2 is 1.95 bits per heavy atom. The van der Waals surface area contributed by atoms with Crippen LogP contribution in [0.4, 0.5) is 4.79 Å². The van der Waals surface area contributed by atoms with Crippen molar-refractivity contribution in [3.8, 4) is 0 Å². The number of rotatable bonds is 5. The highest BCUT2D eigenvalue weighted by Crippen LogP contribution is 2.01. The number of methoxy groups -OCH3 is 1. The molecule has 0 aliphatic carbocycles. The van der Waals surface area contributed by atoms with Crippen molar-refractivity contribution in [1.29, 1.82) is 0 Å². The number of esters is 1. The topological polar surface area (TPSA) is 68.2 Å². The molecule has 20 heavy (non-hydrogen) atoms. The van der Waals surface area contributed by atoms with E-state index in [1.54, 1.807) is 13.8 Å². The second-order valence-corrected chi connectivity index (χ2v) is 4.22. The summed E-state index contributed by atoms with van der Waals surface area (Å²) in [6.45, 7) is 3.13. The summed E-state index contributed by atoms with van der Waals surface area (Å²) in [5, 5.41) is 4.90. The maximum absolute atomic E-state index is 11.8. The number of hydrogen-bond acceptors (Lipinski definition) is 5. The molecule has 1 aromatic rings. The molecule has 1 aromatic carbocycles. The summed E-state index contributed by atoms with van der Waals surface area (Å²) in [6, 6.07) is 9.22. The van der Waals surface area contributed by atoms with Crippen molar-refractivity contribution in [1.82, 2.24) is 5.01 Å². The van der Waals surface area contributed by atoms with E-state index in [1.165, 1.54) is 13.3 Å². The van der Waals surface area contributed by atoms with Gasteiger partial charge in [0.1, 0.15) is 6.54 Å². The smallest absolute Gasteiger partial charge is 0.431 e. The lowest BCUT2D eigenvalue weighted by Crippen LogP contribution is -2.34. The highest BCUT2D eigenvalue weighted by atomic mass is 16.6. The van der Waals surface area contributed by atoms with Crippen LogP contribution in [-0.2, 0) is 14.3 Å². The molecule has 0 spiro atoms. The predicted octanol–water partition coefficient (Wildman–Crippen LogP) is 2.04. The zero-order chi connectivity index (χ0) is 15.0. The van der Waals surface area contributed by atoms with Gasteiger partial charge in [0.2, 0.25) is 0 Å². The molecule has 0 radical (unpaired) electrons. The molecule has 0 aromatic heterocycles. The third-order valence-electron chi connectivity index (χ3n) is 2.20. The number of nitrogens with zero attached hydrogens (tertiary/aromatic N) is 2. The fraction of sp³-hybridized carbons (Fsp3) is 0.357. The minimum absolute atomic E-state index is 0.297. The van der Waals surface area contributed by atoms with Gasteiger partial charge in [-0.05, 0) is 19.4 Å². The molecule has 0 atom stereocenters. The standard InChI is InChI=1S/C14H18N2O4/c1-11(2)20-14(18)16(10-13(17)19-3)15-9-12-7-5-4-6-8-12/h4-9,11H,10H2,1-3H3/b15-9+. The SMILES string of the molecule is COC(=O)CN(/N=C/c1ccccc1)C(=O)OC(C)C. The molecule has 6 heteroatoms. The van der Waals surface area contributed by atoms with Gasteiger partial charge in [0.25, 0.3) is 0 Å². The maximum Gasteiger partial charge on any atom is 0.431 e. The third kappa shape index (κ3) is 5.51. The van der Waals surface area contributed by atoms with E-state index in [1.807, 2.05) is 30.3 Å². The second-order valence-electron chi connectivity index (χ2n) is 4.22. The van der Waals surface area contributed by atoms with Gasteiger partial charge in [0, 0.05) is 0 Å². The van der Waals surface area contributed by atoms with Crippen LogP contribution in [0.1, 0.15) is 19.4 Å². The van der Waals surface area contributed by atoms with Gasteiger partial charge in [-0.1, -0.05) is 30.3 Å². The number of amides is 1. The quantitative estimate of drug-likeness (QED) is 0.469. The highest BCUT2D eigenvalue weighted by Gasteiger charge is 2.19. The average molecular weight is 278 g/mol. The van der Waals surface area contributed by atoms with Crippen LogP contribution in [0.5, 0.6) is 0 Å². The van der Waals surface area contributed by atoms with Crippen LogP contribution in [0.25, 0.3) is 0 Å². The Hall–Kier alpha value is -2.37. The van der Waals surface area contributed by atoms with E-state index in [0.29, 0.717) is 0 Å². The highest BCUT2D eigenvalue weighted by molar-refractivity contribution is 5.82. The van der Waals surface area contributed by atoms with Crippen LogP contribution in [0.3, 0.4) is 0 Å². The van der Waals surface area contributed by atoms with Crippen molar-refractivity contribution < 1.29 is 19.1 Å². The normalized spacial score (nSPS) is 10.6. The van der Waals surface area contributed by atoms with Crippen molar-refractivity contribution in [2.45, 2.75) is 20.0 Å². The van der Waals surface area contributed by atoms with Gasteiger partial charge >= 0.3 is 12.1 Å². The molecule has 0 saturated carbocycles. The number of hydrogen-bond donors (Lipinski definition) is 0. The molecule has 0 aliphatic rings. The largest absolute Gasteiger partial charge is 0.468 e. The molecule has 0 unspecified atom stereocenters. The molecule has 0 N–H and O–H groups in total. The fourth-order valence-electron chi connectivity index (χ4n) is 1.28. The Morgan fingerprint density at radius 1 is 1.30 bits per heavy atom. The number of benzene rings is 1. The molecule has 0 bridgehead atoms. The van der Waals surface area contributed by atoms with Gasteiger partial charge in [0.15, 0.2) is 0 Å². The minimum Gasteiger partial charge on any atom is -0.468 e. The summed E-state index contributed by atoms with van der Waals surface area (Å²) in [5.41, 5.74) is 0.805. The van der Waals surface area contributed by atoms with Gasteiger partial charge in [-0.25, -0.2) is 4.79 Å². The first-order chi connectivity index (χ1) is 9.52. The second kappa shape index (κ2) is 7.93. The lowest BCUT2D eigenvalue weighted by molar-refractivity contribution is -0.141. The average Bonchev–Trinajstić information content (AvgIpc) is 2.43. The van der Waals surface area contributed by atoms with Crippen LogP contribution in [-0.4, -0.2) is 43.0 Å². The Morgan fingerprint density at radius 3 is 2.50 bits per heavy atom.